The van der Waals surface area contributed by atoms with Gasteiger partial charge in [0.15, 0.2) is 0 Å². The third-order valence-electron chi connectivity index (χ3n) is 3.60. The van der Waals surface area contributed by atoms with Crippen molar-refractivity contribution in [2.24, 2.45) is 0 Å². The van der Waals surface area contributed by atoms with Crippen LogP contribution in [0.25, 0.3) is 0 Å². The molecule has 20 heavy (non-hydrogen) atoms. The van der Waals surface area contributed by atoms with E-state index in [4.69, 9.17) is 0 Å². The SMILES string of the molecule is CS(=O)(=O)[NH+]1CCC(c2ccc(C(F)(F)F)cn2)CC1. The molecule has 1 aliphatic heterocycles. The van der Waals surface area contributed by atoms with Crippen molar-refractivity contribution >= 4 is 10.0 Å². The molecule has 1 aromatic rings. The van der Waals surface area contributed by atoms with E-state index < -0.39 is 21.8 Å². The molecule has 1 fully saturated rings. The van der Waals surface area contributed by atoms with Gasteiger partial charge in [0.25, 0.3) is 10.0 Å². The summed E-state index contributed by atoms with van der Waals surface area (Å²) in [5.41, 5.74) is -0.161. The van der Waals surface area contributed by atoms with Crippen molar-refractivity contribution in [1.29, 1.82) is 0 Å². The molecule has 1 saturated heterocycles. The molecule has 0 radical (unpaired) electrons. The molecule has 0 amide bonds. The first-order valence-corrected chi connectivity index (χ1v) is 8.15. The summed E-state index contributed by atoms with van der Waals surface area (Å²) in [4.78, 5) is 3.88. The Morgan fingerprint density at radius 3 is 2.25 bits per heavy atom. The highest BCUT2D eigenvalue weighted by atomic mass is 32.2. The summed E-state index contributed by atoms with van der Waals surface area (Å²) < 4.78 is 60.6. The summed E-state index contributed by atoms with van der Waals surface area (Å²) in [6.45, 7) is 0.929. The van der Waals surface area contributed by atoms with Gasteiger partial charge < -0.3 is 0 Å². The number of rotatable bonds is 2. The summed E-state index contributed by atoms with van der Waals surface area (Å²) in [7, 11) is -3.11. The third-order valence-corrected chi connectivity index (χ3v) is 5.06. The number of hydrogen-bond donors (Lipinski definition) is 1. The molecule has 2 heterocycles. The molecule has 0 saturated carbocycles. The number of alkyl halides is 3. The van der Waals surface area contributed by atoms with Crippen LogP contribution in [0.2, 0.25) is 0 Å². The molecule has 1 N–H and O–H groups in total. The average Bonchev–Trinajstić information content (AvgIpc) is 2.37. The van der Waals surface area contributed by atoms with Gasteiger partial charge in [-0.3, -0.25) is 4.98 Å². The second-order valence-electron chi connectivity index (χ2n) is 5.05. The Hall–Kier alpha value is -1.15. The maximum Gasteiger partial charge on any atom is 0.417 e. The number of sulfonamides is 1. The Balaban J connectivity index is 2.04. The second-order valence-corrected chi connectivity index (χ2v) is 7.18. The molecule has 0 aliphatic carbocycles. The smallest absolute Gasteiger partial charge is 0.260 e. The van der Waals surface area contributed by atoms with Gasteiger partial charge in [-0.1, -0.05) is 0 Å². The fourth-order valence-electron chi connectivity index (χ4n) is 2.42. The minimum Gasteiger partial charge on any atom is -0.260 e. The van der Waals surface area contributed by atoms with Crippen LogP contribution >= 0.6 is 0 Å². The highest BCUT2D eigenvalue weighted by Gasteiger charge is 2.32. The Morgan fingerprint density at radius 1 is 1.25 bits per heavy atom. The zero-order valence-electron chi connectivity index (χ0n) is 10.9. The number of hydrogen-bond acceptors (Lipinski definition) is 3. The minimum absolute atomic E-state index is 0.0304. The van der Waals surface area contributed by atoms with E-state index in [1.165, 1.54) is 12.3 Å². The third kappa shape index (κ3) is 3.49. The zero-order chi connectivity index (χ0) is 15.0. The van der Waals surface area contributed by atoms with Crippen LogP contribution < -0.4 is 4.31 Å². The number of piperidine rings is 1. The van der Waals surface area contributed by atoms with E-state index in [9.17, 15) is 21.6 Å². The van der Waals surface area contributed by atoms with Crippen molar-refractivity contribution in [2.45, 2.75) is 24.9 Å². The Bertz CT molecular complexity index is 561. The number of nitrogens with zero attached hydrogens (tertiary/aromatic N) is 1. The predicted molar refractivity (Wildman–Crippen MR) is 66.8 cm³/mol. The molecule has 1 aromatic heterocycles. The fraction of sp³-hybridized carbons (Fsp3) is 0.583. The van der Waals surface area contributed by atoms with Crippen molar-refractivity contribution in [3.8, 4) is 0 Å². The number of aromatic nitrogens is 1. The summed E-state index contributed by atoms with van der Waals surface area (Å²) in [6.07, 6.45) is -1.12. The largest absolute Gasteiger partial charge is 0.417 e. The van der Waals surface area contributed by atoms with Crippen molar-refractivity contribution < 1.29 is 25.9 Å². The highest BCUT2D eigenvalue weighted by Crippen LogP contribution is 2.30. The maximum absolute atomic E-state index is 12.4. The van der Waals surface area contributed by atoms with Crippen LogP contribution in [0.3, 0.4) is 0 Å². The van der Waals surface area contributed by atoms with Crippen molar-refractivity contribution in [1.82, 2.24) is 4.98 Å². The van der Waals surface area contributed by atoms with Crippen molar-refractivity contribution in [3.63, 3.8) is 0 Å². The maximum atomic E-state index is 12.4. The summed E-state index contributed by atoms with van der Waals surface area (Å²) in [5, 5.41) is 0. The zero-order valence-corrected chi connectivity index (χ0v) is 11.8. The highest BCUT2D eigenvalue weighted by molar-refractivity contribution is 7.84. The van der Waals surface area contributed by atoms with Gasteiger partial charge in [0.1, 0.15) is 0 Å². The molecule has 4 nitrogen and oxygen atoms in total. The number of halogens is 3. The summed E-state index contributed by atoms with van der Waals surface area (Å²) in [5.74, 6) is 0.0304. The summed E-state index contributed by atoms with van der Waals surface area (Å²) >= 11 is 0. The molecule has 0 aromatic carbocycles. The van der Waals surface area contributed by atoms with Gasteiger partial charge in [-0.05, 0) is 12.1 Å². The Labute approximate surface area is 115 Å². The van der Waals surface area contributed by atoms with Gasteiger partial charge >= 0.3 is 6.18 Å². The average molecular weight is 309 g/mol. The lowest BCUT2D eigenvalue weighted by Gasteiger charge is -2.27. The first-order chi connectivity index (χ1) is 9.18. The van der Waals surface area contributed by atoms with Gasteiger partial charge in [-0.25, -0.2) is 4.31 Å². The van der Waals surface area contributed by atoms with Crippen molar-refractivity contribution in [2.75, 3.05) is 19.3 Å². The molecule has 0 bridgehead atoms. The van der Waals surface area contributed by atoms with Crippen LogP contribution in [0.5, 0.6) is 0 Å². The molecule has 2 rings (SSSR count). The van der Waals surface area contributed by atoms with Crippen LogP contribution in [0, 0.1) is 0 Å². The van der Waals surface area contributed by atoms with Gasteiger partial charge in [-0.2, -0.15) is 21.6 Å². The molecule has 8 heteroatoms. The molecule has 0 spiro atoms. The summed E-state index contributed by atoms with van der Waals surface area (Å²) in [6, 6.07) is 2.41. The van der Waals surface area contributed by atoms with Crippen molar-refractivity contribution in [3.05, 3.63) is 29.6 Å². The van der Waals surface area contributed by atoms with Crippen LogP contribution in [0.1, 0.15) is 30.0 Å². The van der Waals surface area contributed by atoms with Crippen LogP contribution in [0.4, 0.5) is 13.2 Å². The topological polar surface area (TPSA) is 51.5 Å². The predicted octanol–water partition coefficient (Wildman–Crippen LogP) is 0.822. The van der Waals surface area contributed by atoms with Crippen LogP contribution in [0.15, 0.2) is 18.3 Å². The van der Waals surface area contributed by atoms with Crippen LogP contribution in [-0.4, -0.2) is 32.7 Å². The van der Waals surface area contributed by atoms with E-state index in [0.717, 1.165) is 12.3 Å². The van der Waals surface area contributed by atoms with Gasteiger partial charge in [-0.15, -0.1) is 0 Å². The Morgan fingerprint density at radius 2 is 1.85 bits per heavy atom. The Kier molecular flexibility index (Phi) is 4.06. The minimum atomic E-state index is -4.38. The first-order valence-electron chi connectivity index (χ1n) is 6.26. The molecule has 112 valence electrons. The second kappa shape index (κ2) is 5.33. The number of quaternary nitrogens is 1. The van der Waals surface area contributed by atoms with E-state index in [0.29, 0.717) is 35.9 Å². The van der Waals surface area contributed by atoms with E-state index >= 15 is 0 Å². The lowest BCUT2D eigenvalue weighted by Crippen LogP contribution is -3.14. The molecule has 0 atom stereocenters. The lowest BCUT2D eigenvalue weighted by atomic mass is 9.94. The normalized spacial score (nSPS) is 24.6. The van der Waals surface area contributed by atoms with E-state index in [1.54, 1.807) is 0 Å². The van der Waals surface area contributed by atoms with E-state index in [-0.39, 0.29) is 5.92 Å². The van der Waals surface area contributed by atoms with Gasteiger partial charge in [0, 0.05) is 30.7 Å². The molecule has 0 unspecified atom stereocenters. The molecule has 1 aliphatic rings. The quantitative estimate of drug-likeness (QED) is 0.880. The molecular weight excluding hydrogens is 293 g/mol. The lowest BCUT2D eigenvalue weighted by molar-refractivity contribution is -0.774. The van der Waals surface area contributed by atoms with E-state index in [1.807, 2.05) is 0 Å². The molecular formula is C12H16F3N2O2S+. The van der Waals surface area contributed by atoms with E-state index in [2.05, 4.69) is 4.98 Å². The standard InChI is InChI=1S/C12H15F3N2O2S/c1-20(18,19)17-6-4-9(5-7-17)11-3-2-10(8-16-11)12(13,14)15/h2-3,8-9H,4-7H2,1H3/p+1. The first kappa shape index (κ1) is 15.2. The fourth-order valence-corrected chi connectivity index (χ4v) is 3.40. The number of pyridine rings is 1. The van der Waals surface area contributed by atoms with Crippen LogP contribution in [-0.2, 0) is 16.2 Å². The number of nitrogens with one attached hydrogen (secondary N) is 1. The van der Waals surface area contributed by atoms with Gasteiger partial charge in [0.05, 0.1) is 24.9 Å². The monoisotopic (exact) mass is 309 g/mol. The van der Waals surface area contributed by atoms with Gasteiger partial charge in [0.2, 0.25) is 0 Å².